The van der Waals surface area contributed by atoms with Crippen molar-refractivity contribution < 1.29 is 13.2 Å². The molecule has 0 radical (unpaired) electrons. The molecule has 2 aromatic rings. The molecule has 1 aliphatic heterocycles. The molecule has 1 fully saturated rings. The largest absolute Gasteiger partial charge is 0.416 e. The zero-order chi connectivity index (χ0) is 27.9. The lowest BCUT2D eigenvalue weighted by atomic mass is 9.93. The number of halogens is 3. The van der Waals surface area contributed by atoms with Crippen LogP contribution in [0.15, 0.2) is 88.8 Å². The number of nitriles is 1. The van der Waals surface area contributed by atoms with Gasteiger partial charge in [-0.25, -0.2) is 4.98 Å². The molecule has 1 aromatic carbocycles. The van der Waals surface area contributed by atoms with E-state index < -0.39 is 11.7 Å². The minimum absolute atomic E-state index is 0.105. The third kappa shape index (κ3) is 6.74. The first-order chi connectivity index (χ1) is 18.1. The fourth-order valence-corrected chi connectivity index (χ4v) is 4.72. The number of benzene rings is 1. The number of nitrogens with zero attached hydrogens (tertiary/aromatic N) is 3. The lowest BCUT2D eigenvalue weighted by molar-refractivity contribution is -0.0884. The van der Waals surface area contributed by atoms with Crippen LogP contribution in [0.1, 0.15) is 52.5 Å². The van der Waals surface area contributed by atoms with Crippen LogP contribution >= 0.6 is 0 Å². The second-order valence-electron chi connectivity index (χ2n) is 9.58. The summed E-state index contributed by atoms with van der Waals surface area (Å²) in [6.45, 7) is 8.18. The molecule has 1 saturated heterocycles. The highest BCUT2D eigenvalue weighted by atomic mass is 19.4. The van der Waals surface area contributed by atoms with E-state index >= 15 is 0 Å². The molecule has 0 saturated carbocycles. The number of fused-ring (bicyclic) bond motifs is 1. The fraction of sp³-hybridized carbons (Fsp3) is 0.355. The molecule has 7 heteroatoms. The molecule has 0 bridgehead atoms. The van der Waals surface area contributed by atoms with E-state index in [0.29, 0.717) is 23.4 Å². The van der Waals surface area contributed by atoms with Crippen molar-refractivity contribution in [3.8, 4) is 6.07 Å². The van der Waals surface area contributed by atoms with E-state index in [2.05, 4.69) is 21.3 Å². The quantitative estimate of drug-likeness (QED) is 0.374. The Bertz CT molecular complexity index is 1350. The molecule has 0 aliphatic carbocycles. The van der Waals surface area contributed by atoms with Gasteiger partial charge in [0, 0.05) is 36.3 Å². The molecule has 3 rings (SSSR count). The molecule has 1 unspecified atom stereocenters. The maximum atomic E-state index is 13.8. The third-order valence-corrected chi connectivity index (χ3v) is 6.57. The van der Waals surface area contributed by atoms with Crippen molar-refractivity contribution in [3.05, 3.63) is 94.4 Å². The number of rotatable bonds is 7. The van der Waals surface area contributed by atoms with Crippen LogP contribution in [0.3, 0.4) is 0 Å². The van der Waals surface area contributed by atoms with Gasteiger partial charge in [0.05, 0.1) is 23.2 Å². The summed E-state index contributed by atoms with van der Waals surface area (Å²) in [5, 5.41) is 14.8. The number of alkyl halides is 3. The Labute approximate surface area is 223 Å². The molecule has 1 atom stereocenters. The summed E-state index contributed by atoms with van der Waals surface area (Å²) < 4.78 is 41.3. The van der Waals surface area contributed by atoms with Crippen molar-refractivity contribution in [1.82, 2.24) is 9.88 Å². The number of nitrogens with one attached hydrogen (secondary N) is 1. The number of hydrogen-bond donors (Lipinski definition) is 1. The summed E-state index contributed by atoms with van der Waals surface area (Å²) in [6, 6.07) is 9.53. The summed E-state index contributed by atoms with van der Waals surface area (Å²) in [7, 11) is 2.00. The highest BCUT2D eigenvalue weighted by Crippen LogP contribution is 2.33. The first-order valence-corrected chi connectivity index (χ1v) is 12.9. The van der Waals surface area contributed by atoms with E-state index in [1.54, 1.807) is 38.3 Å². The molecule has 4 nitrogen and oxygen atoms in total. The van der Waals surface area contributed by atoms with Gasteiger partial charge in [-0.05, 0) is 75.5 Å². The van der Waals surface area contributed by atoms with Gasteiger partial charge in [0.15, 0.2) is 0 Å². The Morgan fingerprint density at radius 3 is 2.63 bits per heavy atom. The zero-order valence-corrected chi connectivity index (χ0v) is 22.7. The van der Waals surface area contributed by atoms with Gasteiger partial charge in [0.1, 0.15) is 5.82 Å². The van der Waals surface area contributed by atoms with Gasteiger partial charge >= 0.3 is 6.18 Å². The number of piperidine rings is 1. The van der Waals surface area contributed by atoms with Crippen LogP contribution in [0.5, 0.6) is 0 Å². The Hall–Kier alpha value is -3.79. The van der Waals surface area contributed by atoms with Crippen LogP contribution in [-0.4, -0.2) is 35.7 Å². The molecule has 1 N–H and O–H groups in total. The highest BCUT2D eigenvalue weighted by molar-refractivity contribution is 5.95. The van der Waals surface area contributed by atoms with Gasteiger partial charge in [-0.15, -0.1) is 0 Å². The van der Waals surface area contributed by atoms with Crippen molar-refractivity contribution in [3.63, 3.8) is 0 Å². The molecule has 0 amide bonds. The molecule has 1 aromatic heterocycles. The summed E-state index contributed by atoms with van der Waals surface area (Å²) in [5.74, 6) is 0.680. The first kappa shape index (κ1) is 28.8. The molecular weight excluding hydrogens is 485 g/mol. The summed E-state index contributed by atoms with van der Waals surface area (Å²) in [6.07, 6.45) is 7.31. The minimum Gasteiger partial charge on any atom is -0.376 e. The van der Waals surface area contributed by atoms with E-state index in [0.717, 1.165) is 47.0 Å². The fourth-order valence-electron chi connectivity index (χ4n) is 4.72. The summed E-state index contributed by atoms with van der Waals surface area (Å²) >= 11 is 0. The average Bonchev–Trinajstić information content (AvgIpc) is 2.87. The standard InChI is InChI=1S/C31H35F3N4/c1-6-10-22(18-24(11-7-2)31(32,33)34)27(21(3)4)19-29-28(14-9-17-38(29)5)37-30-26-13-8-12-23(20-35)25(26)15-16-36-30/h6,8,10-13,15-16,18-19,28H,7,9,14,17H2,1-5H3,(H,36,37)/b10-6-,22-18+,24-11-,29-19-. The van der Waals surface area contributed by atoms with E-state index in [1.165, 1.54) is 12.2 Å². The summed E-state index contributed by atoms with van der Waals surface area (Å²) in [4.78, 5) is 6.72. The number of pyridine rings is 1. The van der Waals surface area contributed by atoms with Gasteiger partial charge in [-0.3, -0.25) is 0 Å². The number of likely N-dealkylation sites (tertiary alicyclic amines) is 1. The number of aromatic nitrogens is 1. The SMILES string of the molecule is C\C=C/C(=C\C(=C\CC)C(F)(F)F)C(/C=C1/C(Nc2nccc3c(C#N)cccc23)CCCN1C)=C(C)C. The normalized spacial score (nSPS) is 18.2. The molecule has 38 heavy (non-hydrogen) atoms. The maximum absolute atomic E-state index is 13.8. The zero-order valence-electron chi connectivity index (χ0n) is 22.7. The van der Waals surface area contributed by atoms with Gasteiger partial charge in [0.25, 0.3) is 0 Å². The Morgan fingerprint density at radius 2 is 2.00 bits per heavy atom. The molecule has 1 aliphatic rings. The van der Waals surface area contributed by atoms with Crippen LogP contribution in [0.25, 0.3) is 10.8 Å². The molecule has 200 valence electrons. The smallest absolute Gasteiger partial charge is 0.376 e. The van der Waals surface area contributed by atoms with Crippen molar-refractivity contribution in [2.45, 2.75) is 59.2 Å². The Balaban J connectivity index is 2.11. The van der Waals surface area contributed by atoms with Crippen LogP contribution in [0.4, 0.5) is 19.0 Å². The Kier molecular flexibility index (Phi) is 9.57. The molecule has 0 spiro atoms. The monoisotopic (exact) mass is 520 g/mol. The van der Waals surface area contributed by atoms with Crippen molar-refractivity contribution in [1.29, 1.82) is 5.26 Å². The van der Waals surface area contributed by atoms with Gasteiger partial charge in [-0.2, -0.15) is 18.4 Å². The Morgan fingerprint density at radius 1 is 1.24 bits per heavy atom. The number of anilines is 1. The minimum atomic E-state index is -4.43. The number of hydrogen-bond acceptors (Lipinski definition) is 4. The van der Waals surface area contributed by atoms with E-state index in [1.807, 2.05) is 45.2 Å². The van der Waals surface area contributed by atoms with Crippen LogP contribution in [0, 0.1) is 11.3 Å². The average molecular weight is 521 g/mol. The van der Waals surface area contributed by atoms with Crippen LogP contribution in [-0.2, 0) is 0 Å². The molecule has 2 heterocycles. The van der Waals surface area contributed by atoms with Crippen LogP contribution in [0.2, 0.25) is 0 Å². The molecular formula is C31H35F3N4. The first-order valence-electron chi connectivity index (χ1n) is 12.9. The van der Waals surface area contributed by atoms with Crippen molar-refractivity contribution in [2.75, 3.05) is 18.9 Å². The van der Waals surface area contributed by atoms with Gasteiger partial charge < -0.3 is 10.2 Å². The summed E-state index contributed by atoms with van der Waals surface area (Å²) in [5.41, 5.74) is 3.09. The second kappa shape index (κ2) is 12.6. The lowest BCUT2D eigenvalue weighted by Crippen LogP contribution is -2.38. The van der Waals surface area contributed by atoms with Crippen molar-refractivity contribution >= 4 is 16.6 Å². The number of allylic oxidation sites excluding steroid dienone is 9. The highest BCUT2D eigenvalue weighted by Gasteiger charge is 2.32. The topological polar surface area (TPSA) is 52.0 Å². The third-order valence-electron chi connectivity index (χ3n) is 6.57. The second-order valence-corrected chi connectivity index (χ2v) is 9.58. The van der Waals surface area contributed by atoms with E-state index in [9.17, 15) is 18.4 Å². The van der Waals surface area contributed by atoms with Crippen molar-refractivity contribution in [2.24, 2.45) is 0 Å². The predicted molar refractivity (Wildman–Crippen MR) is 150 cm³/mol. The van der Waals surface area contributed by atoms with Crippen LogP contribution < -0.4 is 5.32 Å². The van der Waals surface area contributed by atoms with Gasteiger partial charge in [-0.1, -0.05) is 42.9 Å². The van der Waals surface area contributed by atoms with E-state index in [-0.39, 0.29) is 6.04 Å². The lowest BCUT2D eigenvalue weighted by Gasteiger charge is -2.36. The number of likely N-dealkylation sites (N-methyl/N-ethyl adjacent to an activating group) is 1. The van der Waals surface area contributed by atoms with Gasteiger partial charge in [0.2, 0.25) is 0 Å². The van der Waals surface area contributed by atoms with E-state index in [4.69, 9.17) is 0 Å². The maximum Gasteiger partial charge on any atom is 0.416 e. The predicted octanol–water partition coefficient (Wildman–Crippen LogP) is 8.23.